The zero-order valence-corrected chi connectivity index (χ0v) is 21.4. The van der Waals surface area contributed by atoms with Crippen molar-refractivity contribution in [2.45, 2.75) is 19.5 Å². The van der Waals surface area contributed by atoms with Gasteiger partial charge in [0.1, 0.15) is 23.4 Å². The highest BCUT2D eigenvalue weighted by atomic mass is 32.1. The summed E-state index contributed by atoms with van der Waals surface area (Å²) in [5.74, 6) is -1.26. The molecule has 10 heteroatoms. The lowest BCUT2D eigenvalue weighted by Crippen LogP contribution is -2.47. The van der Waals surface area contributed by atoms with Gasteiger partial charge in [0, 0.05) is 11.3 Å². The molecule has 0 radical (unpaired) electrons. The number of carbonyl (C=O) groups is 3. The Morgan fingerprint density at radius 1 is 1.00 bits per heavy atom. The zero-order valence-electron chi connectivity index (χ0n) is 20.6. The summed E-state index contributed by atoms with van der Waals surface area (Å²) >= 11 is 1.24. The van der Waals surface area contributed by atoms with E-state index in [4.69, 9.17) is 9.15 Å². The van der Waals surface area contributed by atoms with Crippen molar-refractivity contribution in [1.29, 1.82) is 0 Å². The summed E-state index contributed by atoms with van der Waals surface area (Å²) in [6.45, 7) is 1.92. The van der Waals surface area contributed by atoms with Crippen LogP contribution in [0.2, 0.25) is 0 Å². The monoisotopic (exact) mass is 535 g/mol. The molecule has 4 aromatic rings. The fourth-order valence-corrected chi connectivity index (χ4v) is 4.46. The van der Waals surface area contributed by atoms with Crippen molar-refractivity contribution in [3.63, 3.8) is 0 Å². The summed E-state index contributed by atoms with van der Waals surface area (Å²) < 4.78 is 25.9. The Bertz CT molecular complexity index is 1360. The third-order valence-electron chi connectivity index (χ3n) is 5.56. The van der Waals surface area contributed by atoms with Crippen LogP contribution in [0, 0.1) is 5.82 Å². The average Bonchev–Trinajstić information content (AvgIpc) is 3.65. The number of benzene rings is 2. The smallest absolute Gasteiger partial charge is 0.261 e. The number of nitrogens with one attached hydrogen (secondary N) is 2. The predicted octanol–water partition coefficient (Wildman–Crippen LogP) is 4.70. The molecule has 2 N–H and O–H groups in total. The van der Waals surface area contributed by atoms with Crippen LogP contribution in [0.25, 0.3) is 0 Å². The second-order valence-corrected chi connectivity index (χ2v) is 9.02. The van der Waals surface area contributed by atoms with Gasteiger partial charge in [-0.1, -0.05) is 24.3 Å². The number of amides is 3. The van der Waals surface area contributed by atoms with E-state index in [-0.39, 0.29) is 12.1 Å². The summed E-state index contributed by atoms with van der Waals surface area (Å²) in [5.41, 5.74) is 0.321. The Hall–Kier alpha value is -4.44. The second kappa shape index (κ2) is 12.7. The number of carbonyl (C=O) groups excluding carboxylic acids is 3. The Labute approximate surface area is 223 Å². The van der Waals surface area contributed by atoms with Crippen LogP contribution < -0.4 is 20.3 Å². The summed E-state index contributed by atoms with van der Waals surface area (Å²) in [6.07, 6.45) is 1.47. The molecule has 0 aliphatic rings. The molecule has 0 aliphatic carbocycles. The molecule has 38 heavy (non-hydrogen) atoms. The quantitative estimate of drug-likeness (QED) is 0.290. The van der Waals surface area contributed by atoms with Gasteiger partial charge in [-0.25, -0.2) is 4.39 Å². The van der Waals surface area contributed by atoms with E-state index in [1.165, 1.54) is 40.7 Å². The zero-order chi connectivity index (χ0) is 26.9. The molecule has 0 bridgehead atoms. The average molecular weight is 536 g/mol. The van der Waals surface area contributed by atoms with Crippen molar-refractivity contribution in [3.05, 3.63) is 106 Å². The second-order valence-electron chi connectivity index (χ2n) is 8.07. The number of furan rings is 1. The molecule has 0 saturated carbocycles. The summed E-state index contributed by atoms with van der Waals surface area (Å²) in [5, 5.41) is 7.08. The molecule has 4 rings (SSSR count). The highest BCUT2D eigenvalue weighted by Gasteiger charge is 2.34. The highest BCUT2D eigenvalue weighted by Crippen LogP contribution is 2.31. The van der Waals surface area contributed by atoms with Gasteiger partial charge in [0.2, 0.25) is 11.8 Å². The SMILES string of the molecule is CCOc1ccc(N(C(=O)CNC(=O)c2cccs2)C(C(=O)NCc2ccco2)c2ccccc2F)cc1. The molecule has 1 atom stereocenters. The molecule has 0 saturated heterocycles. The van der Waals surface area contributed by atoms with Gasteiger partial charge in [-0.2, -0.15) is 0 Å². The highest BCUT2D eigenvalue weighted by molar-refractivity contribution is 7.12. The van der Waals surface area contributed by atoms with Crippen molar-refractivity contribution in [2.75, 3.05) is 18.1 Å². The maximum Gasteiger partial charge on any atom is 0.261 e. The van der Waals surface area contributed by atoms with Crippen LogP contribution in [0.1, 0.15) is 34.0 Å². The van der Waals surface area contributed by atoms with Gasteiger partial charge < -0.3 is 19.8 Å². The van der Waals surface area contributed by atoms with Crippen molar-refractivity contribution in [3.8, 4) is 5.75 Å². The molecular formula is C28H26FN3O5S. The molecule has 0 spiro atoms. The standard InChI is InChI=1S/C28H26FN3O5S/c1-2-36-20-13-11-19(12-14-20)32(25(33)18-31-27(34)24-10-6-16-38-24)26(22-8-3-4-9-23(22)29)28(35)30-17-21-7-5-15-37-21/h3-16,26H,2,17-18H2,1H3,(H,30,35)(H,31,34). The number of hydrogen-bond acceptors (Lipinski definition) is 6. The fourth-order valence-electron chi connectivity index (χ4n) is 3.82. The molecule has 0 aliphatic heterocycles. The molecular weight excluding hydrogens is 509 g/mol. The van der Waals surface area contributed by atoms with E-state index in [1.807, 2.05) is 6.92 Å². The first-order valence-corrected chi connectivity index (χ1v) is 12.8. The third kappa shape index (κ3) is 6.46. The first-order chi connectivity index (χ1) is 18.5. The van der Waals surface area contributed by atoms with Gasteiger partial charge in [0.15, 0.2) is 0 Å². The predicted molar refractivity (Wildman–Crippen MR) is 141 cm³/mol. The molecule has 3 amide bonds. The number of nitrogens with zero attached hydrogens (tertiary/aromatic N) is 1. The molecule has 196 valence electrons. The van der Waals surface area contributed by atoms with Crippen LogP contribution in [0.15, 0.2) is 88.9 Å². The lowest BCUT2D eigenvalue weighted by atomic mass is 10.0. The minimum Gasteiger partial charge on any atom is -0.494 e. The number of thiophene rings is 1. The largest absolute Gasteiger partial charge is 0.494 e. The van der Waals surface area contributed by atoms with Gasteiger partial charge in [-0.15, -0.1) is 11.3 Å². The van der Waals surface area contributed by atoms with Gasteiger partial charge in [0.05, 0.1) is 30.8 Å². The van der Waals surface area contributed by atoms with E-state index >= 15 is 4.39 Å². The Morgan fingerprint density at radius 2 is 1.79 bits per heavy atom. The third-order valence-corrected chi connectivity index (χ3v) is 6.43. The topological polar surface area (TPSA) is 101 Å². The fraction of sp³-hybridized carbons (Fsp3) is 0.179. The summed E-state index contributed by atoms with van der Waals surface area (Å²) in [4.78, 5) is 41.4. The summed E-state index contributed by atoms with van der Waals surface area (Å²) in [6, 6.07) is 17.6. The Morgan fingerprint density at radius 3 is 2.45 bits per heavy atom. The van der Waals surface area contributed by atoms with Crippen molar-refractivity contribution in [1.82, 2.24) is 10.6 Å². The van der Waals surface area contributed by atoms with E-state index in [0.29, 0.717) is 28.7 Å². The van der Waals surface area contributed by atoms with Gasteiger partial charge in [-0.3, -0.25) is 19.3 Å². The minimum atomic E-state index is -1.38. The van der Waals surface area contributed by atoms with E-state index in [9.17, 15) is 14.4 Å². The molecule has 0 fully saturated rings. The van der Waals surface area contributed by atoms with Gasteiger partial charge in [0.25, 0.3) is 5.91 Å². The van der Waals surface area contributed by atoms with Crippen molar-refractivity contribution >= 4 is 34.7 Å². The van der Waals surface area contributed by atoms with Gasteiger partial charge >= 0.3 is 0 Å². The van der Waals surface area contributed by atoms with Crippen LogP contribution in [0.3, 0.4) is 0 Å². The lowest BCUT2D eigenvalue weighted by Gasteiger charge is -2.32. The minimum absolute atomic E-state index is 0.00346. The number of halogens is 1. The van der Waals surface area contributed by atoms with Gasteiger partial charge in [-0.05, 0) is 60.8 Å². The van der Waals surface area contributed by atoms with E-state index < -0.39 is 36.1 Å². The normalized spacial score (nSPS) is 11.4. The number of anilines is 1. The molecule has 8 nitrogen and oxygen atoms in total. The number of ether oxygens (including phenoxy) is 1. The Balaban J connectivity index is 1.69. The molecule has 1 unspecified atom stereocenters. The van der Waals surface area contributed by atoms with Crippen molar-refractivity contribution in [2.24, 2.45) is 0 Å². The van der Waals surface area contributed by atoms with Crippen LogP contribution in [-0.2, 0) is 16.1 Å². The molecule has 2 heterocycles. The number of rotatable bonds is 11. The summed E-state index contributed by atoms with van der Waals surface area (Å²) in [7, 11) is 0. The molecule has 2 aromatic carbocycles. The maximum absolute atomic E-state index is 15.1. The first-order valence-electron chi connectivity index (χ1n) is 11.9. The Kier molecular flexibility index (Phi) is 8.89. The van der Waals surface area contributed by atoms with E-state index in [2.05, 4.69) is 10.6 Å². The first kappa shape index (κ1) is 26.6. The van der Waals surface area contributed by atoms with Crippen LogP contribution in [0.5, 0.6) is 5.75 Å². The lowest BCUT2D eigenvalue weighted by molar-refractivity contribution is -0.126. The van der Waals surface area contributed by atoms with Crippen molar-refractivity contribution < 1.29 is 27.9 Å². The van der Waals surface area contributed by atoms with Crippen LogP contribution in [-0.4, -0.2) is 30.9 Å². The van der Waals surface area contributed by atoms with E-state index in [1.54, 1.807) is 60.0 Å². The number of hydrogen-bond donors (Lipinski definition) is 2. The van der Waals surface area contributed by atoms with Crippen LogP contribution in [0.4, 0.5) is 10.1 Å². The maximum atomic E-state index is 15.1. The van der Waals surface area contributed by atoms with E-state index in [0.717, 1.165) is 0 Å². The van der Waals surface area contributed by atoms with Crippen LogP contribution >= 0.6 is 11.3 Å². The molecule has 2 aromatic heterocycles.